The van der Waals surface area contributed by atoms with E-state index in [9.17, 15) is 13.2 Å². The van der Waals surface area contributed by atoms with Gasteiger partial charge in [-0.25, -0.2) is 12.7 Å². The summed E-state index contributed by atoms with van der Waals surface area (Å²) >= 11 is 0. The highest BCUT2D eigenvalue weighted by molar-refractivity contribution is 7.88. The van der Waals surface area contributed by atoms with Crippen LogP contribution in [0.25, 0.3) is 0 Å². The molecule has 2 rings (SSSR count). The minimum absolute atomic E-state index is 0.00401. The zero-order valence-corrected chi connectivity index (χ0v) is 15.4. The van der Waals surface area contributed by atoms with Crippen LogP contribution in [0.1, 0.15) is 46.0 Å². The van der Waals surface area contributed by atoms with Gasteiger partial charge in [0.05, 0.1) is 12.2 Å². The molecule has 23 heavy (non-hydrogen) atoms. The zero-order chi connectivity index (χ0) is 17.0. The van der Waals surface area contributed by atoms with Crippen molar-refractivity contribution in [2.24, 2.45) is 5.92 Å². The Kier molecular flexibility index (Phi) is 6.45. The van der Waals surface area contributed by atoms with Crippen molar-refractivity contribution in [3.8, 4) is 0 Å². The molecule has 0 spiro atoms. The van der Waals surface area contributed by atoms with E-state index in [1.165, 1.54) is 29.8 Å². The minimum atomic E-state index is -3.20. The van der Waals surface area contributed by atoms with Gasteiger partial charge in [0.15, 0.2) is 0 Å². The summed E-state index contributed by atoms with van der Waals surface area (Å²) in [6.45, 7) is 6.87. The van der Waals surface area contributed by atoms with Crippen molar-refractivity contribution in [3.05, 3.63) is 0 Å². The first-order valence-corrected chi connectivity index (χ1v) is 10.6. The second kappa shape index (κ2) is 7.94. The van der Waals surface area contributed by atoms with Gasteiger partial charge in [0.2, 0.25) is 15.9 Å². The van der Waals surface area contributed by atoms with Crippen molar-refractivity contribution in [1.29, 1.82) is 0 Å². The lowest BCUT2D eigenvalue weighted by molar-refractivity contribution is -0.126. The van der Waals surface area contributed by atoms with Crippen molar-refractivity contribution in [1.82, 2.24) is 14.5 Å². The summed E-state index contributed by atoms with van der Waals surface area (Å²) in [5.74, 6) is -0.217. The third-order valence-electron chi connectivity index (χ3n) is 5.27. The normalized spacial score (nSPS) is 31.0. The molecule has 3 atom stereocenters. The number of carbonyl (C=O) groups excluding carboxylic acids is 1. The Morgan fingerprint density at radius 2 is 1.78 bits per heavy atom. The molecular weight excluding hydrogens is 314 g/mol. The molecule has 0 bridgehead atoms. The monoisotopic (exact) mass is 345 g/mol. The molecule has 0 aromatic carbocycles. The molecule has 134 valence electrons. The van der Waals surface area contributed by atoms with Crippen LogP contribution in [0.2, 0.25) is 0 Å². The smallest absolute Gasteiger partial charge is 0.224 e. The Morgan fingerprint density at radius 1 is 1.13 bits per heavy atom. The first kappa shape index (κ1) is 18.7. The molecule has 2 saturated heterocycles. The minimum Gasteiger partial charge on any atom is -0.355 e. The van der Waals surface area contributed by atoms with Gasteiger partial charge in [-0.3, -0.25) is 9.69 Å². The van der Waals surface area contributed by atoms with Crippen LogP contribution in [0.15, 0.2) is 0 Å². The Balaban J connectivity index is 1.78. The molecule has 2 aliphatic heterocycles. The largest absolute Gasteiger partial charge is 0.355 e. The maximum atomic E-state index is 12.3. The average molecular weight is 346 g/mol. The number of sulfonamides is 1. The number of likely N-dealkylation sites (tertiary alicyclic amines) is 1. The number of amides is 1. The molecule has 2 heterocycles. The van der Waals surface area contributed by atoms with E-state index >= 15 is 0 Å². The molecule has 6 nitrogen and oxygen atoms in total. The van der Waals surface area contributed by atoms with E-state index in [1.807, 2.05) is 0 Å². The van der Waals surface area contributed by atoms with Gasteiger partial charge in [-0.05, 0) is 39.5 Å². The standard InChI is InChI=1S/C16H31N3O3S/c1-13-6-4-7-14(2)19(13)11-9-17-16(20)15-8-5-10-18(12-15)23(3,21)22/h13-15H,4-12H2,1-3H3,(H,17,20)/t13-,14+,15-/m1/s1. The third kappa shape index (κ3) is 5.16. The van der Waals surface area contributed by atoms with E-state index in [4.69, 9.17) is 0 Å². The van der Waals surface area contributed by atoms with Crippen molar-refractivity contribution >= 4 is 15.9 Å². The fourth-order valence-electron chi connectivity index (χ4n) is 3.83. The third-order valence-corrected chi connectivity index (χ3v) is 6.54. The van der Waals surface area contributed by atoms with Crippen LogP contribution in [0.5, 0.6) is 0 Å². The fraction of sp³-hybridized carbons (Fsp3) is 0.938. The van der Waals surface area contributed by atoms with Gasteiger partial charge >= 0.3 is 0 Å². The summed E-state index contributed by atoms with van der Waals surface area (Å²) in [5, 5.41) is 3.01. The van der Waals surface area contributed by atoms with Crippen LogP contribution in [0, 0.1) is 5.92 Å². The summed E-state index contributed by atoms with van der Waals surface area (Å²) < 4.78 is 24.7. The van der Waals surface area contributed by atoms with Crippen LogP contribution in [0.4, 0.5) is 0 Å². The lowest BCUT2D eigenvalue weighted by Gasteiger charge is -2.39. The van der Waals surface area contributed by atoms with Gasteiger partial charge in [0, 0.05) is 38.3 Å². The lowest BCUT2D eigenvalue weighted by atomic mass is 9.97. The highest BCUT2D eigenvalue weighted by atomic mass is 32.2. The predicted molar refractivity (Wildman–Crippen MR) is 91.6 cm³/mol. The molecule has 0 unspecified atom stereocenters. The molecule has 0 aromatic heterocycles. The second-order valence-electron chi connectivity index (χ2n) is 7.12. The molecule has 0 aliphatic carbocycles. The predicted octanol–water partition coefficient (Wildman–Crippen LogP) is 1.04. The summed E-state index contributed by atoms with van der Waals surface area (Å²) in [6, 6.07) is 1.15. The number of piperidine rings is 2. The molecule has 0 radical (unpaired) electrons. The molecule has 2 aliphatic rings. The zero-order valence-electron chi connectivity index (χ0n) is 14.6. The summed E-state index contributed by atoms with van der Waals surface area (Å²) in [5.41, 5.74) is 0. The maximum Gasteiger partial charge on any atom is 0.224 e. The Bertz CT molecular complexity index is 499. The number of nitrogens with zero attached hydrogens (tertiary/aromatic N) is 2. The van der Waals surface area contributed by atoms with E-state index in [2.05, 4.69) is 24.1 Å². The summed E-state index contributed by atoms with van der Waals surface area (Å²) in [6.07, 6.45) is 6.48. The molecular formula is C16H31N3O3S. The molecule has 1 amide bonds. The van der Waals surface area contributed by atoms with Crippen LogP contribution < -0.4 is 5.32 Å². The Morgan fingerprint density at radius 3 is 2.39 bits per heavy atom. The van der Waals surface area contributed by atoms with Gasteiger partial charge in [0.25, 0.3) is 0 Å². The summed E-state index contributed by atoms with van der Waals surface area (Å²) in [4.78, 5) is 14.8. The molecule has 0 aromatic rings. The fourth-order valence-corrected chi connectivity index (χ4v) is 4.74. The van der Waals surface area contributed by atoms with E-state index < -0.39 is 10.0 Å². The second-order valence-corrected chi connectivity index (χ2v) is 9.10. The van der Waals surface area contributed by atoms with Gasteiger partial charge in [-0.15, -0.1) is 0 Å². The van der Waals surface area contributed by atoms with Gasteiger partial charge in [0.1, 0.15) is 0 Å². The van der Waals surface area contributed by atoms with Crippen LogP contribution in [-0.4, -0.2) is 68.0 Å². The first-order chi connectivity index (χ1) is 10.8. The van der Waals surface area contributed by atoms with Crippen molar-refractivity contribution in [3.63, 3.8) is 0 Å². The number of rotatable bonds is 5. The number of carbonyl (C=O) groups is 1. The van der Waals surface area contributed by atoms with Crippen molar-refractivity contribution in [2.45, 2.75) is 58.0 Å². The van der Waals surface area contributed by atoms with Crippen molar-refractivity contribution in [2.75, 3.05) is 32.4 Å². The van der Waals surface area contributed by atoms with E-state index in [1.54, 1.807) is 0 Å². The SMILES string of the molecule is C[C@@H]1CCC[C@H](C)N1CCNC(=O)[C@@H]1CCCN(S(C)(=O)=O)C1. The van der Waals surface area contributed by atoms with E-state index in [-0.39, 0.29) is 11.8 Å². The van der Waals surface area contributed by atoms with Gasteiger partial charge in [-0.1, -0.05) is 6.42 Å². The van der Waals surface area contributed by atoms with Crippen LogP contribution >= 0.6 is 0 Å². The number of hydrogen-bond donors (Lipinski definition) is 1. The lowest BCUT2D eigenvalue weighted by Crippen LogP contribution is -2.49. The van der Waals surface area contributed by atoms with Gasteiger partial charge in [-0.2, -0.15) is 0 Å². The molecule has 7 heteroatoms. The Labute approximate surface area is 140 Å². The number of hydrogen-bond acceptors (Lipinski definition) is 4. The highest BCUT2D eigenvalue weighted by Crippen LogP contribution is 2.22. The summed E-state index contributed by atoms with van der Waals surface area (Å²) in [7, 11) is -3.20. The first-order valence-electron chi connectivity index (χ1n) is 8.77. The van der Waals surface area contributed by atoms with E-state index in [0.717, 1.165) is 19.4 Å². The van der Waals surface area contributed by atoms with Crippen LogP contribution in [-0.2, 0) is 14.8 Å². The maximum absolute atomic E-state index is 12.3. The topological polar surface area (TPSA) is 69.7 Å². The molecule has 1 N–H and O–H groups in total. The molecule has 0 saturated carbocycles. The highest BCUT2D eigenvalue weighted by Gasteiger charge is 2.30. The number of nitrogens with one attached hydrogen (secondary N) is 1. The van der Waals surface area contributed by atoms with E-state index in [0.29, 0.717) is 31.7 Å². The quantitative estimate of drug-likeness (QED) is 0.808. The Hall–Kier alpha value is -0.660. The van der Waals surface area contributed by atoms with Crippen LogP contribution in [0.3, 0.4) is 0 Å². The average Bonchev–Trinajstić information content (AvgIpc) is 2.49. The molecule has 2 fully saturated rings. The van der Waals surface area contributed by atoms with Crippen molar-refractivity contribution < 1.29 is 13.2 Å². The van der Waals surface area contributed by atoms with Gasteiger partial charge < -0.3 is 5.32 Å².